The lowest BCUT2D eigenvalue weighted by Crippen LogP contribution is -2.27. The minimum absolute atomic E-state index is 0.412. The molecule has 1 fully saturated rings. The van der Waals surface area contributed by atoms with Crippen LogP contribution in [-0.4, -0.2) is 29.9 Å². The highest BCUT2D eigenvalue weighted by molar-refractivity contribution is 8.01. The van der Waals surface area contributed by atoms with Gasteiger partial charge in [0.15, 0.2) is 5.79 Å². The number of hydrogen-bond acceptors (Lipinski definition) is 7. The van der Waals surface area contributed by atoms with Crippen LogP contribution in [0.3, 0.4) is 0 Å². The van der Waals surface area contributed by atoms with E-state index in [1.165, 1.54) is 4.21 Å². The summed E-state index contributed by atoms with van der Waals surface area (Å²) >= 11 is 3.38. The van der Waals surface area contributed by atoms with E-state index >= 15 is 0 Å². The molecule has 0 aliphatic carbocycles. The van der Waals surface area contributed by atoms with Gasteiger partial charge in [-0.1, -0.05) is 16.9 Å². The number of fused-ring (bicyclic) bond motifs is 1. The molecule has 0 bridgehead atoms. The number of rotatable bonds is 3. The Morgan fingerprint density at radius 2 is 2.08 bits per heavy atom. The highest BCUT2D eigenvalue weighted by atomic mass is 32.2. The summed E-state index contributed by atoms with van der Waals surface area (Å²) in [4.78, 5) is 1.09. The molecule has 2 aliphatic rings. The normalized spacial score (nSPS) is 25.9. The van der Waals surface area contributed by atoms with Gasteiger partial charge < -0.3 is 19.4 Å². The monoisotopic (exact) mass is 391 g/mol. The van der Waals surface area contributed by atoms with Gasteiger partial charge in [-0.15, -0.1) is 11.3 Å². The first-order valence-corrected chi connectivity index (χ1v) is 10.2. The fourth-order valence-corrected chi connectivity index (χ4v) is 5.34. The van der Waals surface area contributed by atoms with Crippen LogP contribution in [0.4, 0.5) is 0 Å². The van der Waals surface area contributed by atoms with Crippen LogP contribution in [0.5, 0.6) is 5.75 Å². The molecule has 138 valence electrons. The molecule has 0 saturated carbocycles. The summed E-state index contributed by atoms with van der Waals surface area (Å²) < 4.78 is 18.8. The first kappa shape index (κ1) is 17.9. The van der Waals surface area contributed by atoms with Crippen molar-refractivity contribution in [3.63, 3.8) is 0 Å². The molecule has 0 radical (unpaired) electrons. The Morgan fingerprint density at radius 3 is 2.81 bits per heavy atom. The summed E-state index contributed by atoms with van der Waals surface area (Å²) in [6.45, 7) is 7.04. The predicted octanol–water partition coefficient (Wildman–Crippen LogP) is 4.86. The molecule has 3 heterocycles. The Morgan fingerprint density at radius 1 is 1.23 bits per heavy atom. The molecule has 1 unspecified atom stereocenters. The van der Waals surface area contributed by atoms with E-state index in [0.29, 0.717) is 25.3 Å². The molecule has 2 aliphatic heterocycles. The van der Waals surface area contributed by atoms with E-state index in [0.717, 1.165) is 21.8 Å². The summed E-state index contributed by atoms with van der Waals surface area (Å²) in [5.74, 6) is 0.221. The molecule has 5 nitrogen and oxygen atoms in total. The minimum Gasteiger partial charge on any atom is -0.492 e. The van der Waals surface area contributed by atoms with Crippen LogP contribution >= 0.6 is 23.1 Å². The van der Waals surface area contributed by atoms with Crippen molar-refractivity contribution in [2.24, 2.45) is 5.16 Å². The maximum absolute atomic E-state index is 9.12. The third kappa shape index (κ3) is 3.36. The van der Waals surface area contributed by atoms with Gasteiger partial charge in [0, 0.05) is 16.9 Å². The second-order valence-corrected chi connectivity index (χ2v) is 9.37. The van der Waals surface area contributed by atoms with Crippen LogP contribution in [0.2, 0.25) is 0 Å². The smallest absolute Gasteiger partial charge is 0.164 e. The topological polar surface area (TPSA) is 60.3 Å². The molecular formula is C19H21NO4S2. The predicted molar refractivity (Wildman–Crippen MR) is 102 cm³/mol. The van der Waals surface area contributed by atoms with Gasteiger partial charge in [-0.05, 0) is 56.0 Å². The van der Waals surface area contributed by atoms with Gasteiger partial charge in [0.25, 0.3) is 0 Å². The van der Waals surface area contributed by atoms with Crippen molar-refractivity contribution < 1.29 is 19.4 Å². The van der Waals surface area contributed by atoms with E-state index in [4.69, 9.17) is 19.4 Å². The lowest BCUT2D eigenvalue weighted by atomic mass is 10.0. The SMILES string of the molecule is CC1(C)OCC(C)(c2csc(Sc3ccc4c(c3)OCCC4=NO)c2)O1. The summed E-state index contributed by atoms with van der Waals surface area (Å²) in [6, 6.07) is 8.16. The fourth-order valence-electron chi connectivity index (χ4n) is 3.24. The average molecular weight is 392 g/mol. The Hall–Kier alpha value is -1.54. The summed E-state index contributed by atoms with van der Waals surface area (Å²) in [5, 5.41) is 14.6. The number of oxime groups is 1. The molecule has 1 N–H and O–H groups in total. The maximum atomic E-state index is 9.12. The standard InChI is InChI=1S/C19H21NO4S2/c1-18(2)23-11-19(3,24-18)12-8-17(25-10-12)26-13-4-5-14-15(20-21)6-7-22-16(14)9-13/h4-5,8-10,21H,6-7,11H2,1-3H3. The molecule has 0 amide bonds. The minimum atomic E-state index is -0.550. The van der Waals surface area contributed by atoms with Gasteiger partial charge in [-0.25, -0.2) is 0 Å². The molecule has 4 rings (SSSR count). The lowest BCUT2D eigenvalue weighted by Gasteiger charge is -2.24. The molecule has 1 aromatic heterocycles. The highest BCUT2D eigenvalue weighted by Crippen LogP contribution is 2.43. The molecule has 26 heavy (non-hydrogen) atoms. The Kier molecular flexibility index (Phi) is 4.51. The van der Waals surface area contributed by atoms with Gasteiger partial charge in [0.2, 0.25) is 0 Å². The van der Waals surface area contributed by atoms with Crippen molar-refractivity contribution in [3.05, 3.63) is 40.8 Å². The van der Waals surface area contributed by atoms with Crippen LogP contribution in [0.25, 0.3) is 0 Å². The molecule has 1 saturated heterocycles. The van der Waals surface area contributed by atoms with E-state index < -0.39 is 11.4 Å². The van der Waals surface area contributed by atoms with E-state index in [-0.39, 0.29) is 0 Å². The average Bonchev–Trinajstić information content (AvgIpc) is 3.19. The third-order valence-corrected chi connectivity index (χ3v) is 6.62. The maximum Gasteiger partial charge on any atom is 0.164 e. The number of thiophene rings is 1. The van der Waals surface area contributed by atoms with Crippen LogP contribution in [0.15, 0.2) is 43.9 Å². The van der Waals surface area contributed by atoms with Crippen molar-refractivity contribution in [2.75, 3.05) is 13.2 Å². The summed E-state index contributed by atoms with van der Waals surface area (Å²) in [5.41, 5.74) is 2.26. The molecule has 0 spiro atoms. The highest BCUT2D eigenvalue weighted by Gasteiger charge is 2.43. The Balaban J connectivity index is 1.53. The molecule has 1 atom stereocenters. The van der Waals surface area contributed by atoms with Crippen molar-refractivity contribution in [1.82, 2.24) is 0 Å². The summed E-state index contributed by atoms with van der Waals surface area (Å²) in [6.07, 6.45) is 0.626. The largest absolute Gasteiger partial charge is 0.492 e. The number of benzene rings is 1. The van der Waals surface area contributed by atoms with Gasteiger partial charge in [0.05, 0.1) is 23.1 Å². The molecule has 2 aromatic rings. The number of nitrogens with zero attached hydrogens (tertiary/aromatic N) is 1. The number of hydrogen-bond donors (Lipinski definition) is 1. The first-order valence-electron chi connectivity index (χ1n) is 8.48. The van der Waals surface area contributed by atoms with Crippen molar-refractivity contribution in [2.45, 2.75) is 47.7 Å². The van der Waals surface area contributed by atoms with Crippen LogP contribution < -0.4 is 4.74 Å². The lowest BCUT2D eigenvalue weighted by molar-refractivity contribution is -0.159. The number of ether oxygens (including phenoxy) is 3. The quantitative estimate of drug-likeness (QED) is 0.598. The first-order chi connectivity index (χ1) is 12.4. The summed E-state index contributed by atoms with van der Waals surface area (Å²) in [7, 11) is 0. The van der Waals surface area contributed by atoms with Gasteiger partial charge in [-0.3, -0.25) is 0 Å². The van der Waals surface area contributed by atoms with Gasteiger partial charge in [0.1, 0.15) is 11.4 Å². The zero-order valence-corrected chi connectivity index (χ0v) is 16.6. The van der Waals surface area contributed by atoms with Gasteiger partial charge >= 0.3 is 0 Å². The Bertz CT molecular complexity index is 861. The second-order valence-electron chi connectivity index (χ2n) is 7.08. The zero-order chi connectivity index (χ0) is 18.4. The Labute approximate surface area is 161 Å². The zero-order valence-electron chi connectivity index (χ0n) is 14.9. The van der Waals surface area contributed by atoms with Crippen LogP contribution in [0.1, 0.15) is 38.3 Å². The molecule has 7 heteroatoms. The van der Waals surface area contributed by atoms with E-state index in [2.05, 4.69) is 23.5 Å². The second kappa shape index (κ2) is 6.56. The fraction of sp³-hybridized carbons (Fsp3) is 0.421. The van der Waals surface area contributed by atoms with E-state index in [1.807, 2.05) is 32.0 Å². The van der Waals surface area contributed by atoms with E-state index in [9.17, 15) is 0 Å². The van der Waals surface area contributed by atoms with Gasteiger partial charge in [-0.2, -0.15) is 0 Å². The van der Waals surface area contributed by atoms with E-state index in [1.54, 1.807) is 23.1 Å². The third-order valence-electron chi connectivity index (χ3n) is 4.55. The molecular weight excluding hydrogens is 370 g/mol. The van der Waals surface area contributed by atoms with Crippen LogP contribution in [0, 0.1) is 0 Å². The molecule has 1 aromatic carbocycles. The van der Waals surface area contributed by atoms with Crippen molar-refractivity contribution in [3.8, 4) is 5.75 Å². The van der Waals surface area contributed by atoms with Crippen molar-refractivity contribution >= 4 is 28.8 Å². The van der Waals surface area contributed by atoms with Crippen LogP contribution in [-0.2, 0) is 15.1 Å². The van der Waals surface area contributed by atoms with Crippen molar-refractivity contribution in [1.29, 1.82) is 0 Å².